The molecule has 1 saturated heterocycles. The average Bonchev–Trinajstić information content (AvgIpc) is 2.34. The van der Waals surface area contributed by atoms with Crippen LogP contribution in [0.25, 0.3) is 0 Å². The van der Waals surface area contributed by atoms with E-state index in [1.54, 1.807) is 0 Å². The highest BCUT2D eigenvalue weighted by Crippen LogP contribution is 2.11. The van der Waals surface area contributed by atoms with E-state index in [4.69, 9.17) is 9.47 Å². The molecule has 2 N–H and O–H groups in total. The van der Waals surface area contributed by atoms with E-state index in [1.165, 1.54) is 0 Å². The van der Waals surface area contributed by atoms with Crippen molar-refractivity contribution in [3.05, 3.63) is 0 Å². The lowest BCUT2D eigenvalue weighted by atomic mass is 10.0. The average molecular weight is 300 g/mol. The molecule has 1 aliphatic heterocycles. The van der Waals surface area contributed by atoms with E-state index in [1.807, 2.05) is 20.8 Å². The van der Waals surface area contributed by atoms with Crippen molar-refractivity contribution >= 4 is 6.09 Å². The van der Waals surface area contributed by atoms with Crippen molar-refractivity contribution in [1.29, 1.82) is 0 Å². The van der Waals surface area contributed by atoms with Crippen molar-refractivity contribution in [1.82, 2.24) is 10.6 Å². The Morgan fingerprint density at radius 3 is 2.62 bits per heavy atom. The first-order valence-corrected chi connectivity index (χ1v) is 8.07. The van der Waals surface area contributed by atoms with Gasteiger partial charge in [0.15, 0.2) is 0 Å². The molecule has 1 aliphatic rings. The SMILES string of the molecule is CC(C)CC(CNC(=O)OC(C)(C)C)NC1CCCOC1. The predicted molar refractivity (Wildman–Crippen MR) is 84.5 cm³/mol. The van der Waals surface area contributed by atoms with Gasteiger partial charge in [-0.05, 0) is 46.0 Å². The first-order valence-electron chi connectivity index (χ1n) is 8.07. The molecule has 0 radical (unpaired) electrons. The van der Waals surface area contributed by atoms with Gasteiger partial charge in [0.1, 0.15) is 5.60 Å². The topological polar surface area (TPSA) is 59.6 Å². The number of carbonyl (C=O) groups is 1. The summed E-state index contributed by atoms with van der Waals surface area (Å²) in [6, 6.07) is 0.646. The molecule has 0 aromatic carbocycles. The summed E-state index contributed by atoms with van der Waals surface area (Å²) in [5, 5.41) is 6.48. The Hall–Kier alpha value is -0.810. The van der Waals surface area contributed by atoms with Gasteiger partial charge in [-0.3, -0.25) is 0 Å². The van der Waals surface area contributed by atoms with Gasteiger partial charge in [-0.15, -0.1) is 0 Å². The van der Waals surface area contributed by atoms with Gasteiger partial charge in [0.25, 0.3) is 0 Å². The third-order valence-electron chi connectivity index (χ3n) is 3.28. The normalized spacial score (nSPS) is 21.1. The second-order valence-electron chi connectivity index (χ2n) is 7.29. The van der Waals surface area contributed by atoms with E-state index in [2.05, 4.69) is 24.5 Å². The van der Waals surface area contributed by atoms with Crippen LogP contribution in [0.15, 0.2) is 0 Å². The van der Waals surface area contributed by atoms with Gasteiger partial charge in [-0.2, -0.15) is 0 Å². The molecule has 1 rings (SSSR count). The largest absolute Gasteiger partial charge is 0.444 e. The van der Waals surface area contributed by atoms with Gasteiger partial charge in [0, 0.05) is 25.2 Å². The maximum Gasteiger partial charge on any atom is 0.407 e. The quantitative estimate of drug-likeness (QED) is 0.792. The van der Waals surface area contributed by atoms with Crippen molar-refractivity contribution in [2.75, 3.05) is 19.8 Å². The molecular formula is C16H32N2O3. The van der Waals surface area contributed by atoms with Gasteiger partial charge in [0.05, 0.1) is 6.61 Å². The third-order valence-corrected chi connectivity index (χ3v) is 3.28. The summed E-state index contributed by atoms with van der Waals surface area (Å²) in [4.78, 5) is 11.8. The van der Waals surface area contributed by atoms with Crippen LogP contribution in [0, 0.1) is 5.92 Å². The summed E-state index contributed by atoms with van der Waals surface area (Å²) >= 11 is 0. The number of carbonyl (C=O) groups excluding carboxylic acids is 1. The van der Waals surface area contributed by atoms with Crippen molar-refractivity contribution < 1.29 is 14.3 Å². The molecule has 1 heterocycles. The molecule has 2 unspecified atom stereocenters. The summed E-state index contributed by atoms with van der Waals surface area (Å²) in [5.74, 6) is 0.576. The number of amides is 1. The van der Waals surface area contributed by atoms with Crippen LogP contribution in [0.4, 0.5) is 4.79 Å². The fourth-order valence-corrected chi connectivity index (χ4v) is 2.51. The number of alkyl carbamates (subject to hydrolysis) is 1. The minimum atomic E-state index is -0.456. The summed E-state index contributed by atoms with van der Waals surface area (Å²) in [6.45, 7) is 12.2. The predicted octanol–water partition coefficient (Wildman–Crippen LogP) is 2.69. The van der Waals surface area contributed by atoms with Crippen LogP contribution >= 0.6 is 0 Å². The standard InChI is InChI=1S/C16H32N2O3/c1-12(2)9-14(18-13-7-6-8-20-11-13)10-17-15(19)21-16(3,4)5/h12-14,18H,6-11H2,1-5H3,(H,17,19). The zero-order valence-electron chi connectivity index (χ0n) is 14.2. The number of hydrogen-bond donors (Lipinski definition) is 2. The summed E-state index contributed by atoms with van der Waals surface area (Å²) in [5.41, 5.74) is -0.456. The molecule has 5 nitrogen and oxygen atoms in total. The molecule has 21 heavy (non-hydrogen) atoms. The van der Waals surface area contributed by atoms with Crippen molar-refractivity contribution in [3.8, 4) is 0 Å². The number of rotatable bonds is 6. The highest BCUT2D eigenvalue weighted by atomic mass is 16.6. The molecular weight excluding hydrogens is 268 g/mol. The van der Waals surface area contributed by atoms with E-state index >= 15 is 0 Å². The van der Waals surface area contributed by atoms with Crippen LogP contribution in [-0.2, 0) is 9.47 Å². The molecule has 5 heteroatoms. The molecule has 0 aromatic heterocycles. The summed E-state index contributed by atoms with van der Waals surface area (Å²) < 4.78 is 10.8. The maximum atomic E-state index is 11.8. The van der Waals surface area contributed by atoms with Crippen LogP contribution in [0.2, 0.25) is 0 Å². The first-order chi connectivity index (χ1) is 9.76. The Kier molecular flexibility index (Phi) is 7.46. The van der Waals surface area contributed by atoms with Gasteiger partial charge in [-0.1, -0.05) is 13.8 Å². The second-order valence-corrected chi connectivity index (χ2v) is 7.29. The van der Waals surface area contributed by atoms with Crippen LogP contribution in [0.3, 0.4) is 0 Å². The van der Waals surface area contributed by atoms with E-state index in [0.717, 1.165) is 32.5 Å². The molecule has 2 atom stereocenters. The molecule has 0 bridgehead atoms. The number of hydrogen-bond acceptors (Lipinski definition) is 4. The molecule has 0 spiro atoms. The lowest BCUT2D eigenvalue weighted by Gasteiger charge is -2.30. The lowest BCUT2D eigenvalue weighted by Crippen LogP contribution is -2.49. The fourth-order valence-electron chi connectivity index (χ4n) is 2.51. The van der Waals surface area contributed by atoms with Crippen molar-refractivity contribution in [2.45, 2.75) is 71.6 Å². The second kappa shape index (κ2) is 8.59. The smallest absolute Gasteiger partial charge is 0.407 e. The highest BCUT2D eigenvalue weighted by molar-refractivity contribution is 5.67. The van der Waals surface area contributed by atoms with Crippen LogP contribution in [0.5, 0.6) is 0 Å². The van der Waals surface area contributed by atoms with Crippen molar-refractivity contribution in [3.63, 3.8) is 0 Å². The zero-order valence-corrected chi connectivity index (χ0v) is 14.2. The summed E-state index contributed by atoms with van der Waals surface area (Å²) in [7, 11) is 0. The molecule has 0 aromatic rings. The van der Waals surface area contributed by atoms with Gasteiger partial charge >= 0.3 is 6.09 Å². The third kappa shape index (κ3) is 8.94. The van der Waals surface area contributed by atoms with Gasteiger partial charge in [-0.25, -0.2) is 4.79 Å². The van der Waals surface area contributed by atoms with Crippen LogP contribution < -0.4 is 10.6 Å². The molecule has 1 fully saturated rings. The number of ether oxygens (including phenoxy) is 2. The first kappa shape index (κ1) is 18.2. The maximum absolute atomic E-state index is 11.8. The molecule has 124 valence electrons. The van der Waals surface area contributed by atoms with E-state index in [9.17, 15) is 4.79 Å². The Morgan fingerprint density at radius 2 is 2.10 bits per heavy atom. The molecule has 0 aliphatic carbocycles. The van der Waals surface area contributed by atoms with Crippen molar-refractivity contribution in [2.24, 2.45) is 5.92 Å². The van der Waals surface area contributed by atoms with E-state index < -0.39 is 5.60 Å². The number of nitrogens with one attached hydrogen (secondary N) is 2. The Balaban J connectivity index is 2.40. The van der Waals surface area contributed by atoms with Crippen LogP contribution in [0.1, 0.15) is 53.9 Å². The minimum absolute atomic E-state index is 0.254. The fraction of sp³-hybridized carbons (Fsp3) is 0.938. The molecule has 0 saturated carbocycles. The zero-order chi connectivity index (χ0) is 15.9. The van der Waals surface area contributed by atoms with Gasteiger partial charge in [0.2, 0.25) is 0 Å². The minimum Gasteiger partial charge on any atom is -0.444 e. The lowest BCUT2D eigenvalue weighted by molar-refractivity contribution is 0.0503. The summed E-state index contributed by atoms with van der Waals surface area (Å²) in [6.07, 6.45) is 2.91. The highest BCUT2D eigenvalue weighted by Gasteiger charge is 2.21. The van der Waals surface area contributed by atoms with Crippen LogP contribution in [-0.4, -0.2) is 43.5 Å². The Labute approximate surface area is 129 Å². The monoisotopic (exact) mass is 300 g/mol. The van der Waals surface area contributed by atoms with E-state index in [-0.39, 0.29) is 12.1 Å². The van der Waals surface area contributed by atoms with Gasteiger partial charge < -0.3 is 20.1 Å². The Bertz CT molecular complexity index is 307. The van der Waals surface area contributed by atoms with E-state index in [0.29, 0.717) is 18.5 Å². The Morgan fingerprint density at radius 1 is 1.38 bits per heavy atom. The molecule has 1 amide bonds.